The predicted molar refractivity (Wildman–Crippen MR) is 114 cm³/mol. The molecule has 0 saturated heterocycles. The van der Waals surface area contributed by atoms with E-state index in [9.17, 15) is 4.79 Å². The van der Waals surface area contributed by atoms with Crippen molar-refractivity contribution < 1.29 is 19.0 Å². The van der Waals surface area contributed by atoms with Crippen molar-refractivity contribution in [3.8, 4) is 27.8 Å². The fraction of sp³-hybridized carbons (Fsp3) is 0.238. The molecule has 2 amide bonds. The Kier molecular flexibility index (Phi) is 6.56. The number of aryl methyl sites for hydroxylation is 1. The van der Waals surface area contributed by atoms with Crippen LogP contribution in [-0.4, -0.2) is 32.3 Å². The van der Waals surface area contributed by atoms with Crippen LogP contribution < -0.4 is 24.8 Å². The van der Waals surface area contributed by atoms with Crippen LogP contribution in [-0.2, 0) is 6.54 Å². The van der Waals surface area contributed by atoms with Crippen molar-refractivity contribution >= 4 is 23.1 Å². The number of benzene rings is 2. The maximum Gasteiger partial charge on any atom is 0.319 e. The van der Waals surface area contributed by atoms with Crippen LogP contribution in [0.5, 0.6) is 17.2 Å². The molecule has 0 unspecified atom stereocenters. The fourth-order valence-corrected chi connectivity index (χ4v) is 3.79. The summed E-state index contributed by atoms with van der Waals surface area (Å²) in [5.41, 5.74) is 2.50. The second-order valence-electron chi connectivity index (χ2n) is 6.12. The lowest BCUT2D eigenvalue weighted by atomic mass is 10.2. The van der Waals surface area contributed by atoms with E-state index in [4.69, 9.17) is 14.2 Å². The zero-order valence-corrected chi connectivity index (χ0v) is 17.6. The van der Waals surface area contributed by atoms with Crippen LogP contribution >= 0.6 is 11.3 Å². The van der Waals surface area contributed by atoms with E-state index < -0.39 is 0 Å². The minimum atomic E-state index is -0.340. The first kappa shape index (κ1) is 20.5. The number of carbonyl (C=O) groups is 1. The highest BCUT2D eigenvalue weighted by Gasteiger charge is 2.15. The van der Waals surface area contributed by atoms with Crippen molar-refractivity contribution in [2.24, 2.45) is 0 Å². The summed E-state index contributed by atoms with van der Waals surface area (Å²) in [7, 11) is 4.58. The number of carbonyl (C=O) groups excluding carboxylic acids is 1. The van der Waals surface area contributed by atoms with E-state index in [2.05, 4.69) is 15.6 Å². The molecule has 2 N–H and O–H groups in total. The molecule has 0 fully saturated rings. The zero-order chi connectivity index (χ0) is 20.8. The monoisotopic (exact) mass is 413 g/mol. The Morgan fingerprint density at radius 3 is 2.28 bits per heavy atom. The number of rotatable bonds is 7. The Labute approximate surface area is 173 Å². The maximum absolute atomic E-state index is 12.4. The van der Waals surface area contributed by atoms with E-state index in [1.54, 1.807) is 23.5 Å². The molecule has 7 nitrogen and oxygen atoms in total. The van der Waals surface area contributed by atoms with Crippen LogP contribution in [0.25, 0.3) is 10.6 Å². The summed E-state index contributed by atoms with van der Waals surface area (Å²) in [5.74, 6) is 1.40. The van der Waals surface area contributed by atoms with Crippen LogP contribution in [0.4, 0.5) is 10.5 Å². The van der Waals surface area contributed by atoms with E-state index in [-0.39, 0.29) is 6.03 Å². The highest BCUT2D eigenvalue weighted by atomic mass is 32.1. The molecule has 0 aliphatic heterocycles. The summed E-state index contributed by atoms with van der Waals surface area (Å²) < 4.78 is 15.9. The molecule has 2 aromatic carbocycles. The van der Waals surface area contributed by atoms with E-state index in [1.807, 2.05) is 37.3 Å². The minimum Gasteiger partial charge on any atom is -0.493 e. The molecule has 1 aromatic heterocycles. The second-order valence-corrected chi connectivity index (χ2v) is 7.20. The molecule has 0 saturated carbocycles. The molecule has 0 radical (unpaired) electrons. The number of urea groups is 1. The molecule has 152 valence electrons. The normalized spacial score (nSPS) is 10.3. The third-order valence-electron chi connectivity index (χ3n) is 4.25. The molecule has 3 rings (SSSR count). The van der Waals surface area contributed by atoms with Crippen molar-refractivity contribution in [3.63, 3.8) is 0 Å². The number of aromatic nitrogens is 1. The topological polar surface area (TPSA) is 81.7 Å². The Balaban J connectivity index is 1.67. The van der Waals surface area contributed by atoms with Crippen molar-refractivity contribution in [2.75, 3.05) is 26.6 Å². The Morgan fingerprint density at radius 1 is 1.03 bits per heavy atom. The van der Waals surface area contributed by atoms with Gasteiger partial charge in [-0.15, -0.1) is 11.3 Å². The summed E-state index contributed by atoms with van der Waals surface area (Å²) >= 11 is 1.57. The van der Waals surface area contributed by atoms with E-state index in [1.165, 1.54) is 21.3 Å². The summed E-state index contributed by atoms with van der Waals surface area (Å²) in [4.78, 5) is 18.0. The molecule has 1 heterocycles. The summed E-state index contributed by atoms with van der Waals surface area (Å²) in [6.45, 7) is 2.32. The first-order valence-electron chi connectivity index (χ1n) is 8.92. The second kappa shape index (κ2) is 9.29. The molecule has 0 aliphatic rings. The lowest BCUT2D eigenvalue weighted by Crippen LogP contribution is -2.28. The van der Waals surface area contributed by atoms with Crippen LogP contribution in [0.1, 0.15) is 10.6 Å². The zero-order valence-electron chi connectivity index (χ0n) is 16.7. The standard InChI is InChI=1S/C21H23N3O4S/c1-13-18(29-20(23-13)14-8-6-5-7-9-14)12-22-21(25)24-15-10-16(26-2)19(28-4)17(11-15)27-3/h5-11H,12H2,1-4H3,(H2,22,24,25). The van der Waals surface area contributed by atoms with Crippen molar-refractivity contribution in [2.45, 2.75) is 13.5 Å². The van der Waals surface area contributed by atoms with Gasteiger partial charge < -0.3 is 24.8 Å². The molecular weight excluding hydrogens is 390 g/mol. The Hall–Kier alpha value is -3.26. The number of anilines is 1. The van der Waals surface area contributed by atoms with Gasteiger partial charge in [0.05, 0.1) is 39.3 Å². The number of amides is 2. The average Bonchev–Trinajstić information content (AvgIpc) is 3.12. The number of ether oxygens (including phenoxy) is 3. The lowest BCUT2D eigenvalue weighted by molar-refractivity contribution is 0.252. The number of methoxy groups -OCH3 is 3. The largest absolute Gasteiger partial charge is 0.493 e. The van der Waals surface area contributed by atoms with Gasteiger partial charge in [-0.2, -0.15) is 0 Å². The molecule has 8 heteroatoms. The van der Waals surface area contributed by atoms with Crippen LogP contribution in [0.15, 0.2) is 42.5 Å². The van der Waals surface area contributed by atoms with Crippen molar-refractivity contribution in [1.82, 2.24) is 10.3 Å². The van der Waals surface area contributed by atoms with Crippen LogP contribution in [0.3, 0.4) is 0 Å². The molecule has 0 spiro atoms. The first-order valence-corrected chi connectivity index (χ1v) is 9.74. The van der Waals surface area contributed by atoms with Crippen LogP contribution in [0.2, 0.25) is 0 Å². The Bertz CT molecular complexity index is 964. The first-order chi connectivity index (χ1) is 14.0. The fourth-order valence-electron chi connectivity index (χ4n) is 2.79. The number of hydrogen-bond acceptors (Lipinski definition) is 6. The number of thiazole rings is 1. The molecule has 0 aliphatic carbocycles. The van der Waals surface area contributed by atoms with E-state index in [0.29, 0.717) is 29.5 Å². The number of nitrogens with one attached hydrogen (secondary N) is 2. The van der Waals surface area contributed by atoms with Crippen molar-refractivity contribution in [1.29, 1.82) is 0 Å². The summed E-state index contributed by atoms with van der Waals surface area (Å²) in [6.07, 6.45) is 0. The third kappa shape index (κ3) is 4.78. The minimum absolute atomic E-state index is 0.340. The molecular formula is C21H23N3O4S. The molecule has 0 bridgehead atoms. The summed E-state index contributed by atoms with van der Waals surface area (Å²) in [6, 6.07) is 13.0. The van der Waals surface area contributed by atoms with Gasteiger partial charge >= 0.3 is 6.03 Å². The van der Waals surface area contributed by atoms with Gasteiger partial charge in [-0.25, -0.2) is 9.78 Å². The molecule has 0 atom stereocenters. The van der Waals surface area contributed by atoms with Gasteiger partial charge in [0.1, 0.15) is 5.01 Å². The van der Waals surface area contributed by atoms with Gasteiger partial charge in [0.2, 0.25) is 5.75 Å². The van der Waals surface area contributed by atoms with Gasteiger partial charge in [-0.1, -0.05) is 30.3 Å². The lowest BCUT2D eigenvalue weighted by Gasteiger charge is -2.14. The van der Waals surface area contributed by atoms with E-state index in [0.717, 1.165) is 21.1 Å². The van der Waals surface area contributed by atoms with Gasteiger partial charge in [-0.3, -0.25) is 0 Å². The third-order valence-corrected chi connectivity index (χ3v) is 5.45. The Morgan fingerprint density at radius 2 is 1.69 bits per heavy atom. The highest BCUT2D eigenvalue weighted by molar-refractivity contribution is 7.15. The van der Waals surface area contributed by atoms with Crippen molar-refractivity contribution in [3.05, 3.63) is 53.0 Å². The highest BCUT2D eigenvalue weighted by Crippen LogP contribution is 2.39. The van der Waals surface area contributed by atoms with Gasteiger partial charge in [0, 0.05) is 22.6 Å². The van der Waals surface area contributed by atoms with Gasteiger partial charge in [-0.05, 0) is 6.92 Å². The number of hydrogen-bond donors (Lipinski definition) is 2. The average molecular weight is 413 g/mol. The predicted octanol–water partition coefficient (Wildman–Crippen LogP) is 4.47. The molecule has 3 aromatic rings. The SMILES string of the molecule is COc1cc(NC(=O)NCc2sc(-c3ccccc3)nc2C)cc(OC)c1OC. The number of nitrogens with zero attached hydrogens (tertiary/aromatic N) is 1. The quantitative estimate of drug-likeness (QED) is 0.597. The molecule has 29 heavy (non-hydrogen) atoms. The summed E-state index contributed by atoms with van der Waals surface area (Å²) in [5, 5.41) is 6.59. The van der Waals surface area contributed by atoms with Crippen LogP contribution in [0, 0.1) is 6.92 Å². The van der Waals surface area contributed by atoms with Gasteiger partial charge in [0.15, 0.2) is 11.5 Å². The maximum atomic E-state index is 12.4. The smallest absolute Gasteiger partial charge is 0.319 e. The van der Waals surface area contributed by atoms with Gasteiger partial charge in [0.25, 0.3) is 0 Å². The van der Waals surface area contributed by atoms with E-state index >= 15 is 0 Å².